The van der Waals surface area contributed by atoms with Crippen LogP contribution in [-0.2, 0) is 9.59 Å². The molecular weight excluding hydrogens is 200 g/mol. The molecule has 1 fully saturated rings. The minimum absolute atomic E-state index is 0.135. The van der Waals surface area contributed by atoms with Crippen LogP contribution in [0, 0.1) is 0 Å². The zero-order chi connectivity index (χ0) is 10.6. The fourth-order valence-electron chi connectivity index (χ4n) is 1.71. The Morgan fingerprint density at radius 1 is 1.57 bits per heavy atom. The van der Waals surface area contributed by atoms with Gasteiger partial charge in [-0.2, -0.15) is 0 Å². The maximum atomic E-state index is 10.8. The smallest absolute Gasteiger partial charge is 0.231 e. The average Bonchev–Trinajstić information content (AvgIpc) is 2.47. The molecule has 80 valence electrons. The van der Waals surface area contributed by atoms with Crippen LogP contribution in [0.3, 0.4) is 0 Å². The summed E-state index contributed by atoms with van der Waals surface area (Å²) in [4.78, 5) is 23.6. The van der Waals surface area contributed by atoms with Crippen LogP contribution in [-0.4, -0.2) is 40.8 Å². The number of thioether (sulfide) groups is 1. The Bertz CT molecular complexity index is 233. The third-order valence-corrected chi connectivity index (χ3v) is 3.29. The van der Waals surface area contributed by atoms with Crippen molar-refractivity contribution >= 4 is 22.8 Å². The first-order valence-electron chi connectivity index (χ1n) is 4.75. The van der Waals surface area contributed by atoms with E-state index in [0.29, 0.717) is 12.6 Å². The third kappa shape index (κ3) is 3.67. The molecule has 1 aliphatic heterocycles. The van der Waals surface area contributed by atoms with Gasteiger partial charge in [-0.15, -0.1) is 0 Å². The minimum atomic E-state index is -0.287. The van der Waals surface area contributed by atoms with Crippen LogP contribution in [0.25, 0.3) is 0 Å². The first-order valence-corrected chi connectivity index (χ1v) is 5.74. The second-order valence-electron chi connectivity index (χ2n) is 3.54. The van der Waals surface area contributed by atoms with Crippen molar-refractivity contribution in [3.05, 3.63) is 0 Å². The first kappa shape index (κ1) is 11.5. The van der Waals surface area contributed by atoms with Gasteiger partial charge in [-0.25, -0.2) is 0 Å². The van der Waals surface area contributed by atoms with Crippen LogP contribution in [0.1, 0.15) is 19.8 Å². The fourth-order valence-corrected chi connectivity index (χ4v) is 2.51. The lowest BCUT2D eigenvalue weighted by Crippen LogP contribution is -2.38. The van der Waals surface area contributed by atoms with E-state index in [4.69, 9.17) is 5.73 Å². The molecule has 2 N–H and O–H groups in total. The summed E-state index contributed by atoms with van der Waals surface area (Å²) in [6, 6.07) is 0.344. The van der Waals surface area contributed by atoms with E-state index in [1.54, 1.807) is 6.92 Å². The van der Waals surface area contributed by atoms with Crippen LogP contribution < -0.4 is 5.73 Å². The van der Waals surface area contributed by atoms with Crippen molar-refractivity contribution in [3.8, 4) is 0 Å². The number of amides is 1. The molecule has 0 aromatic rings. The Labute approximate surface area is 88.2 Å². The van der Waals surface area contributed by atoms with E-state index in [1.165, 1.54) is 11.8 Å². The molecule has 1 amide bonds. The monoisotopic (exact) mass is 216 g/mol. The Balaban J connectivity index is 2.35. The molecule has 1 heterocycles. The van der Waals surface area contributed by atoms with E-state index < -0.39 is 0 Å². The molecule has 0 unspecified atom stereocenters. The van der Waals surface area contributed by atoms with Crippen molar-refractivity contribution in [2.75, 3.05) is 18.8 Å². The number of carbonyl (C=O) groups is 2. The molecular formula is C9H16N2O2S. The lowest BCUT2D eigenvalue weighted by atomic mass is 10.2. The maximum Gasteiger partial charge on any atom is 0.231 e. The number of likely N-dealkylation sites (tertiary alicyclic amines) is 1. The Morgan fingerprint density at radius 3 is 2.86 bits per heavy atom. The Kier molecular flexibility index (Phi) is 4.41. The molecule has 0 spiro atoms. The molecule has 1 aliphatic rings. The second-order valence-corrected chi connectivity index (χ2v) is 4.73. The van der Waals surface area contributed by atoms with E-state index in [0.717, 1.165) is 25.1 Å². The van der Waals surface area contributed by atoms with Crippen LogP contribution in [0.5, 0.6) is 0 Å². The fraction of sp³-hybridized carbons (Fsp3) is 0.778. The van der Waals surface area contributed by atoms with Crippen molar-refractivity contribution in [2.24, 2.45) is 5.73 Å². The summed E-state index contributed by atoms with van der Waals surface area (Å²) in [6.45, 7) is 2.81. The molecule has 1 atom stereocenters. The van der Waals surface area contributed by atoms with Crippen LogP contribution >= 0.6 is 11.8 Å². The van der Waals surface area contributed by atoms with Gasteiger partial charge in [0.05, 0.1) is 6.54 Å². The highest BCUT2D eigenvalue weighted by molar-refractivity contribution is 8.13. The minimum Gasteiger partial charge on any atom is -0.369 e. The topological polar surface area (TPSA) is 63.4 Å². The second kappa shape index (κ2) is 5.36. The van der Waals surface area contributed by atoms with Gasteiger partial charge >= 0.3 is 0 Å². The zero-order valence-corrected chi connectivity index (χ0v) is 9.18. The summed E-state index contributed by atoms with van der Waals surface area (Å²) in [5.41, 5.74) is 5.14. The van der Waals surface area contributed by atoms with Crippen molar-refractivity contribution in [2.45, 2.75) is 25.8 Å². The summed E-state index contributed by atoms with van der Waals surface area (Å²) in [7, 11) is 0. The van der Waals surface area contributed by atoms with Gasteiger partial charge in [0.15, 0.2) is 5.12 Å². The molecule has 1 rings (SSSR count). The summed E-state index contributed by atoms with van der Waals surface area (Å²) in [5, 5.41) is 0.135. The van der Waals surface area contributed by atoms with Gasteiger partial charge in [-0.05, 0) is 19.4 Å². The standard InChI is InChI=1S/C9H16N2O2S/c1-7(12)14-6-8-3-2-4-11(8)5-9(10)13/h8H,2-6H2,1H3,(H2,10,13)/t8-/m0/s1. The number of nitrogens with two attached hydrogens (primary N) is 1. The number of hydrogen-bond acceptors (Lipinski definition) is 4. The number of primary amides is 1. The molecule has 0 aromatic heterocycles. The summed E-state index contributed by atoms with van der Waals surface area (Å²) in [5.74, 6) is 0.493. The molecule has 0 bridgehead atoms. The van der Waals surface area contributed by atoms with Gasteiger partial charge in [0.25, 0.3) is 0 Å². The Hall–Kier alpha value is -0.550. The number of rotatable bonds is 4. The van der Waals surface area contributed by atoms with Crippen LogP contribution in [0.15, 0.2) is 0 Å². The van der Waals surface area contributed by atoms with E-state index in [-0.39, 0.29) is 11.0 Å². The Morgan fingerprint density at radius 2 is 2.29 bits per heavy atom. The molecule has 0 aliphatic carbocycles. The van der Waals surface area contributed by atoms with E-state index in [9.17, 15) is 9.59 Å². The first-order chi connectivity index (χ1) is 6.59. The SMILES string of the molecule is CC(=O)SC[C@@H]1CCCN1CC(N)=O. The van der Waals surface area contributed by atoms with Crippen molar-refractivity contribution in [3.63, 3.8) is 0 Å². The van der Waals surface area contributed by atoms with E-state index in [1.807, 2.05) is 0 Å². The summed E-state index contributed by atoms with van der Waals surface area (Å²) >= 11 is 1.33. The molecule has 0 radical (unpaired) electrons. The van der Waals surface area contributed by atoms with Gasteiger partial charge < -0.3 is 5.73 Å². The predicted octanol–water partition coefficient (Wildman–Crippen LogP) is 0.216. The maximum absolute atomic E-state index is 10.8. The van der Waals surface area contributed by atoms with Gasteiger partial charge in [0, 0.05) is 18.7 Å². The summed E-state index contributed by atoms with van der Waals surface area (Å²) < 4.78 is 0. The number of hydrogen-bond donors (Lipinski definition) is 1. The lowest BCUT2D eigenvalue weighted by Gasteiger charge is -2.21. The zero-order valence-electron chi connectivity index (χ0n) is 8.36. The highest BCUT2D eigenvalue weighted by Gasteiger charge is 2.25. The van der Waals surface area contributed by atoms with Gasteiger partial charge in [0.2, 0.25) is 5.91 Å². The van der Waals surface area contributed by atoms with Crippen LogP contribution in [0.4, 0.5) is 0 Å². The van der Waals surface area contributed by atoms with Gasteiger partial charge in [-0.1, -0.05) is 11.8 Å². The third-order valence-electron chi connectivity index (χ3n) is 2.34. The summed E-state index contributed by atoms with van der Waals surface area (Å²) in [6.07, 6.45) is 2.16. The number of nitrogens with zero attached hydrogens (tertiary/aromatic N) is 1. The molecule has 5 heteroatoms. The molecule has 0 saturated carbocycles. The number of carbonyl (C=O) groups excluding carboxylic acids is 2. The predicted molar refractivity (Wildman–Crippen MR) is 56.9 cm³/mol. The van der Waals surface area contributed by atoms with Gasteiger partial charge in [0.1, 0.15) is 0 Å². The highest BCUT2D eigenvalue weighted by atomic mass is 32.2. The van der Waals surface area contributed by atoms with Crippen molar-refractivity contribution < 1.29 is 9.59 Å². The van der Waals surface area contributed by atoms with Crippen LogP contribution in [0.2, 0.25) is 0 Å². The molecule has 14 heavy (non-hydrogen) atoms. The highest BCUT2D eigenvalue weighted by Crippen LogP contribution is 2.20. The van der Waals surface area contributed by atoms with Crippen molar-refractivity contribution in [1.82, 2.24) is 4.90 Å². The normalized spacial score (nSPS) is 22.5. The molecule has 0 aromatic carbocycles. The quantitative estimate of drug-likeness (QED) is 0.730. The molecule has 1 saturated heterocycles. The van der Waals surface area contributed by atoms with E-state index >= 15 is 0 Å². The van der Waals surface area contributed by atoms with Gasteiger partial charge in [-0.3, -0.25) is 14.5 Å². The molecule has 4 nitrogen and oxygen atoms in total. The van der Waals surface area contributed by atoms with Crippen molar-refractivity contribution in [1.29, 1.82) is 0 Å². The largest absolute Gasteiger partial charge is 0.369 e. The average molecular weight is 216 g/mol. The van der Waals surface area contributed by atoms with E-state index in [2.05, 4.69) is 4.90 Å². The lowest BCUT2D eigenvalue weighted by molar-refractivity contribution is -0.119.